The molecule has 0 aromatic heterocycles. The molecule has 0 spiro atoms. The Labute approximate surface area is 184 Å². The van der Waals surface area contributed by atoms with Gasteiger partial charge in [-0.15, -0.1) is 0 Å². The molecule has 0 saturated carbocycles. The van der Waals surface area contributed by atoms with Gasteiger partial charge >= 0.3 is 0 Å². The molecule has 0 saturated heterocycles. The van der Waals surface area contributed by atoms with E-state index in [-0.39, 0.29) is 11.5 Å². The van der Waals surface area contributed by atoms with Crippen molar-refractivity contribution in [3.63, 3.8) is 0 Å². The van der Waals surface area contributed by atoms with E-state index in [0.717, 1.165) is 34.0 Å². The second kappa shape index (κ2) is 8.31. The highest BCUT2D eigenvalue weighted by atomic mass is 16.3. The minimum Gasteiger partial charge on any atom is -0.508 e. The number of amidine groups is 2. The number of aromatic hydroxyl groups is 2. The van der Waals surface area contributed by atoms with Gasteiger partial charge in [-0.2, -0.15) is 4.99 Å². The maximum atomic E-state index is 9.48. The number of rotatable bonds is 3. The molecule has 5 rings (SSSR count). The summed E-state index contributed by atoms with van der Waals surface area (Å²) in [7, 11) is 0. The zero-order chi connectivity index (χ0) is 21.9. The average molecular weight is 421 g/mol. The molecule has 2 aliphatic rings. The summed E-state index contributed by atoms with van der Waals surface area (Å²) in [6, 6.07) is 21.6. The Hall–Kier alpha value is -4.52. The third-order valence-corrected chi connectivity index (χ3v) is 5.01. The fraction of sp³-hybridized carbons (Fsp3) is 0.0400. The maximum absolute atomic E-state index is 9.48. The van der Waals surface area contributed by atoms with Gasteiger partial charge in [0.2, 0.25) is 5.96 Å². The molecule has 0 bridgehead atoms. The van der Waals surface area contributed by atoms with E-state index in [1.54, 1.807) is 42.6 Å². The van der Waals surface area contributed by atoms with Crippen LogP contribution in [-0.4, -0.2) is 45.6 Å². The van der Waals surface area contributed by atoms with E-state index in [9.17, 15) is 10.2 Å². The SMILES string of the molecule is Oc1ccc(C=CC2=Nc3ccccc3C3=NC(N=Cc4ccc(O)cc4)=NCN23)cc1. The molecule has 0 aliphatic carbocycles. The van der Waals surface area contributed by atoms with Crippen molar-refractivity contribution in [1.29, 1.82) is 0 Å². The largest absolute Gasteiger partial charge is 0.508 e. The van der Waals surface area contributed by atoms with E-state index in [2.05, 4.69) is 9.98 Å². The number of phenolic OH excluding ortho intramolecular Hbond substituents is 2. The lowest BCUT2D eigenvalue weighted by Gasteiger charge is -2.31. The van der Waals surface area contributed by atoms with E-state index < -0.39 is 0 Å². The Balaban J connectivity index is 1.45. The summed E-state index contributed by atoms with van der Waals surface area (Å²) in [5.74, 6) is 2.28. The Morgan fingerprint density at radius 1 is 0.781 bits per heavy atom. The van der Waals surface area contributed by atoms with Crippen LogP contribution >= 0.6 is 0 Å². The van der Waals surface area contributed by atoms with Crippen LogP contribution in [0.3, 0.4) is 0 Å². The number of guanidine groups is 1. The summed E-state index contributed by atoms with van der Waals surface area (Å²) < 4.78 is 0. The van der Waals surface area contributed by atoms with Gasteiger partial charge in [-0.25, -0.2) is 15.0 Å². The molecule has 32 heavy (non-hydrogen) atoms. The average Bonchev–Trinajstić information content (AvgIpc) is 2.83. The fourth-order valence-corrected chi connectivity index (χ4v) is 3.37. The van der Waals surface area contributed by atoms with Crippen LogP contribution in [-0.2, 0) is 0 Å². The molecule has 0 atom stereocenters. The molecule has 2 N–H and O–H groups in total. The molecular formula is C25H19N5O2. The Morgan fingerprint density at radius 2 is 1.47 bits per heavy atom. The van der Waals surface area contributed by atoms with Gasteiger partial charge in [-0.05, 0) is 65.7 Å². The van der Waals surface area contributed by atoms with Crippen LogP contribution in [0.25, 0.3) is 6.08 Å². The summed E-state index contributed by atoms with van der Waals surface area (Å²) in [4.78, 5) is 20.3. The molecule has 7 nitrogen and oxygen atoms in total. The smallest absolute Gasteiger partial charge is 0.248 e. The van der Waals surface area contributed by atoms with Gasteiger partial charge in [0.25, 0.3) is 0 Å². The van der Waals surface area contributed by atoms with Crippen molar-refractivity contribution in [2.75, 3.05) is 6.67 Å². The number of phenols is 2. The van der Waals surface area contributed by atoms with Gasteiger partial charge < -0.3 is 10.2 Å². The van der Waals surface area contributed by atoms with Crippen molar-refractivity contribution in [2.45, 2.75) is 0 Å². The molecule has 156 valence electrons. The van der Waals surface area contributed by atoms with Crippen LogP contribution < -0.4 is 0 Å². The van der Waals surface area contributed by atoms with Crippen LogP contribution in [0, 0.1) is 0 Å². The lowest BCUT2D eigenvalue weighted by atomic mass is 10.1. The third-order valence-electron chi connectivity index (χ3n) is 5.01. The number of nitrogens with zero attached hydrogens (tertiary/aromatic N) is 5. The van der Waals surface area contributed by atoms with Crippen LogP contribution in [0.2, 0.25) is 0 Å². The van der Waals surface area contributed by atoms with Gasteiger partial charge in [-0.1, -0.05) is 30.3 Å². The molecule has 3 aromatic carbocycles. The first-order valence-electron chi connectivity index (χ1n) is 10.0. The van der Waals surface area contributed by atoms with E-state index in [0.29, 0.717) is 12.6 Å². The highest BCUT2D eigenvalue weighted by Gasteiger charge is 2.27. The summed E-state index contributed by atoms with van der Waals surface area (Å²) >= 11 is 0. The van der Waals surface area contributed by atoms with Gasteiger partial charge in [0.1, 0.15) is 29.8 Å². The Bertz CT molecular complexity index is 1300. The highest BCUT2D eigenvalue weighted by Crippen LogP contribution is 2.28. The minimum atomic E-state index is 0.207. The lowest BCUT2D eigenvalue weighted by molar-refractivity contribution is 0.474. The standard InChI is InChI=1S/C25H19N5O2/c31-19-10-5-17(6-11-19)9-14-23-28-22-4-2-1-3-21(22)24-29-25(27-16-30(23)24)26-15-18-7-12-20(32)13-8-18/h1-15,31-32H,16H2. The number of para-hydroxylation sites is 1. The lowest BCUT2D eigenvalue weighted by Crippen LogP contribution is -2.41. The monoisotopic (exact) mass is 421 g/mol. The molecule has 0 radical (unpaired) electrons. The Morgan fingerprint density at radius 3 is 2.22 bits per heavy atom. The van der Waals surface area contributed by atoms with Crippen LogP contribution in [0.5, 0.6) is 11.5 Å². The van der Waals surface area contributed by atoms with E-state index >= 15 is 0 Å². The first-order valence-corrected chi connectivity index (χ1v) is 10.0. The van der Waals surface area contributed by atoms with Crippen LogP contribution in [0.15, 0.2) is 98.8 Å². The van der Waals surface area contributed by atoms with Gasteiger partial charge in [-0.3, -0.25) is 4.90 Å². The molecule has 2 heterocycles. The molecule has 7 heteroatoms. The van der Waals surface area contributed by atoms with E-state index in [1.807, 2.05) is 53.5 Å². The van der Waals surface area contributed by atoms with Crippen molar-refractivity contribution in [3.8, 4) is 11.5 Å². The number of aliphatic imine (C=N–C) groups is 4. The minimum absolute atomic E-state index is 0.207. The Kier molecular flexibility index (Phi) is 5.05. The highest BCUT2D eigenvalue weighted by molar-refractivity contribution is 6.22. The first kappa shape index (κ1) is 19.4. The topological polar surface area (TPSA) is 93.1 Å². The fourth-order valence-electron chi connectivity index (χ4n) is 3.37. The van der Waals surface area contributed by atoms with Crippen molar-refractivity contribution < 1.29 is 10.2 Å². The third kappa shape index (κ3) is 4.04. The maximum Gasteiger partial charge on any atom is 0.248 e. The first-order chi connectivity index (χ1) is 15.7. The van der Waals surface area contributed by atoms with Crippen molar-refractivity contribution >= 4 is 35.6 Å². The molecule has 0 fully saturated rings. The summed E-state index contributed by atoms with van der Waals surface area (Å²) in [6.45, 7) is 0.341. The van der Waals surface area contributed by atoms with Crippen molar-refractivity contribution in [2.24, 2.45) is 20.0 Å². The summed E-state index contributed by atoms with van der Waals surface area (Å²) in [6.07, 6.45) is 5.52. The second-order valence-corrected chi connectivity index (χ2v) is 7.22. The van der Waals surface area contributed by atoms with Crippen molar-refractivity contribution in [3.05, 3.63) is 95.6 Å². The molecule has 0 amide bonds. The quantitative estimate of drug-likeness (QED) is 0.616. The number of fused-ring (bicyclic) bond motifs is 3. The number of hydrogen-bond donors (Lipinski definition) is 2. The predicted octanol–water partition coefficient (Wildman–Crippen LogP) is 4.35. The van der Waals surface area contributed by atoms with Gasteiger partial charge in [0, 0.05) is 11.8 Å². The van der Waals surface area contributed by atoms with Gasteiger partial charge in [0.05, 0.1) is 5.69 Å². The second-order valence-electron chi connectivity index (χ2n) is 7.22. The zero-order valence-electron chi connectivity index (χ0n) is 17.0. The number of hydrogen-bond acceptors (Lipinski definition) is 7. The van der Waals surface area contributed by atoms with E-state index in [1.165, 1.54) is 0 Å². The molecular weight excluding hydrogens is 402 g/mol. The van der Waals surface area contributed by atoms with Crippen LogP contribution in [0.4, 0.5) is 5.69 Å². The molecule has 3 aromatic rings. The zero-order valence-corrected chi connectivity index (χ0v) is 17.0. The predicted molar refractivity (Wildman–Crippen MR) is 127 cm³/mol. The molecule has 0 unspecified atom stereocenters. The van der Waals surface area contributed by atoms with Gasteiger partial charge in [0.15, 0.2) is 0 Å². The molecule has 2 aliphatic heterocycles. The van der Waals surface area contributed by atoms with Crippen LogP contribution in [0.1, 0.15) is 16.7 Å². The normalized spacial score (nSPS) is 15.2. The van der Waals surface area contributed by atoms with E-state index in [4.69, 9.17) is 9.98 Å². The summed E-state index contributed by atoms with van der Waals surface area (Å²) in [5.41, 5.74) is 3.54. The van der Waals surface area contributed by atoms with Crippen molar-refractivity contribution in [1.82, 2.24) is 4.90 Å². The summed E-state index contributed by atoms with van der Waals surface area (Å²) in [5, 5.41) is 18.9. The number of benzene rings is 3.